The molecule has 1 aliphatic heterocycles. The van der Waals surface area contributed by atoms with E-state index in [0.29, 0.717) is 40.2 Å². The lowest BCUT2D eigenvalue weighted by Crippen LogP contribution is -2.53. The average Bonchev–Trinajstić information content (AvgIpc) is 2.88. The molecule has 0 radical (unpaired) electrons. The lowest BCUT2D eigenvalue weighted by molar-refractivity contribution is -0.248. The van der Waals surface area contributed by atoms with Crippen molar-refractivity contribution in [2.45, 2.75) is 55.3 Å². The maximum absolute atomic E-state index is 12.8. The quantitative estimate of drug-likeness (QED) is 0.517. The van der Waals surface area contributed by atoms with Gasteiger partial charge in [-0.1, -0.05) is 36.4 Å². The molecule has 0 bridgehead atoms. The molecule has 2 aromatic carbocycles. The summed E-state index contributed by atoms with van der Waals surface area (Å²) in [6.45, 7) is -0.0445. The number of benzene rings is 2. The van der Waals surface area contributed by atoms with E-state index in [2.05, 4.69) is 10.2 Å². The summed E-state index contributed by atoms with van der Waals surface area (Å²) in [6, 6.07) is 13.4. The average molecular weight is 563 g/mol. The van der Waals surface area contributed by atoms with Gasteiger partial charge in [0.1, 0.15) is 12.1 Å². The summed E-state index contributed by atoms with van der Waals surface area (Å²) < 4.78 is 62.2. The van der Waals surface area contributed by atoms with Crippen molar-refractivity contribution in [1.29, 1.82) is 10.5 Å². The van der Waals surface area contributed by atoms with Crippen molar-refractivity contribution in [2.75, 3.05) is 12.8 Å². The molecule has 1 fully saturated rings. The molecule has 2 atom stereocenters. The molecule has 1 N–H and O–H groups in total. The third-order valence-corrected chi connectivity index (χ3v) is 7.30. The van der Waals surface area contributed by atoms with Crippen LogP contribution in [0.3, 0.4) is 0 Å². The van der Waals surface area contributed by atoms with Crippen LogP contribution in [0.4, 0.5) is 13.2 Å². The molecular formula is C26H25F3N4O5S. The van der Waals surface area contributed by atoms with Gasteiger partial charge in [0, 0.05) is 19.2 Å². The second-order valence-electron chi connectivity index (χ2n) is 9.05. The summed E-state index contributed by atoms with van der Waals surface area (Å²) in [4.78, 5) is 28.5. The molecule has 206 valence electrons. The van der Waals surface area contributed by atoms with E-state index < -0.39 is 40.0 Å². The smallest absolute Gasteiger partial charge is 0.360 e. The number of nitriles is 2. The molecule has 0 aliphatic carbocycles. The van der Waals surface area contributed by atoms with Gasteiger partial charge in [-0.05, 0) is 47.6 Å². The SMILES string of the molecule is CS(=O)(=O)c1cc(-c2ccc(C[C@@H](C#N)NC(=O)[C@@H]3CCCCN3OC(=O)C(F)(F)F)cc2)ccc1CC#N. The fourth-order valence-corrected chi connectivity index (χ4v) is 5.17. The number of hydrogen-bond donors (Lipinski definition) is 1. The van der Waals surface area contributed by atoms with E-state index in [9.17, 15) is 36.4 Å². The molecule has 2 aromatic rings. The van der Waals surface area contributed by atoms with Crippen molar-refractivity contribution >= 4 is 21.7 Å². The largest absolute Gasteiger partial charge is 0.492 e. The van der Waals surface area contributed by atoms with Crippen molar-refractivity contribution in [3.63, 3.8) is 0 Å². The zero-order valence-electron chi connectivity index (χ0n) is 20.9. The second-order valence-corrected chi connectivity index (χ2v) is 11.0. The summed E-state index contributed by atoms with van der Waals surface area (Å²) in [5.41, 5.74) is 2.37. The zero-order valence-corrected chi connectivity index (χ0v) is 21.7. The second kappa shape index (κ2) is 12.3. The predicted molar refractivity (Wildman–Crippen MR) is 132 cm³/mol. The van der Waals surface area contributed by atoms with Gasteiger partial charge in [0.2, 0.25) is 5.91 Å². The van der Waals surface area contributed by atoms with Gasteiger partial charge >= 0.3 is 12.1 Å². The van der Waals surface area contributed by atoms with Gasteiger partial charge in [-0.15, -0.1) is 5.06 Å². The minimum absolute atomic E-state index is 0.0445. The Kier molecular flexibility index (Phi) is 9.32. The molecule has 3 rings (SSSR count). The summed E-state index contributed by atoms with van der Waals surface area (Å²) in [5, 5.41) is 21.8. The van der Waals surface area contributed by atoms with Gasteiger partial charge in [-0.25, -0.2) is 13.2 Å². The monoisotopic (exact) mass is 562 g/mol. The van der Waals surface area contributed by atoms with Gasteiger partial charge in [0.25, 0.3) is 0 Å². The number of halogens is 3. The van der Waals surface area contributed by atoms with E-state index in [0.717, 1.165) is 6.26 Å². The third kappa shape index (κ3) is 7.78. The van der Waals surface area contributed by atoms with Crippen LogP contribution in [-0.4, -0.2) is 56.4 Å². The Labute approximate surface area is 223 Å². The first-order valence-electron chi connectivity index (χ1n) is 11.9. The lowest BCUT2D eigenvalue weighted by Gasteiger charge is -2.33. The maximum atomic E-state index is 12.8. The predicted octanol–water partition coefficient (Wildman–Crippen LogP) is 3.25. The zero-order chi connectivity index (χ0) is 28.8. The van der Waals surface area contributed by atoms with Gasteiger partial charge in [0.15, 0.2) is 9.84 Å². The number of carbonyl (C=O) groups excluding carboxylic acids is 2. The Morgan fingerprint density at radius 1 is 1.13 bits per heavy atom. The Balaban J connectivity index is 1.70. The summed E-state index contributed by atoms with van der Waals surface area (Å²) >= 11 is 0. The van der Waals surface area contributed by atoms with Crippen LogP contribution in [0.5, 0.6) is 0 Å². The first-order valence-corrected chi connectivity index (χ1v) is 13.8. The van der Waals surface area contributed by atoms with Gasteiger partial charge < -0.3 is 10.2 Å². The van der Waals surface area contributed by atoms with Crippen LogP contribution >= 0.6 is 0 Å². The Morgan fingerprint density at radius 2 is 1.79 bits per heavy atom. The Hall–Kier alpha value is -3.94. The van der Waals surface area contributed by atoms with E-state index in [-0.39, 0.29) is 30.7 Å². The minimum atomic E-state index is -5.20. The number of carbonyl (C=O) groups is 2. The Bertz CT molecular complexity index is 1410. The first kappa shape index (κ1) is 29.6. The molecule has 0 spiro atoms. The van der Waals surface area contributed by atoms with E-state index in [1.807, 2.05) is 12.1 Å². The van der Waals surface area contributed by atoms with E-state index in [4.69, 9.17) is 5.26 Å². The van der Waals surface area contributed by atoms with Crippen molar-refractivity contribution in [3.05, 3.63) is 53.6 Å². The molecule has 39 heavy (non-hydrogen) atoms. The summed E-state index contributed by atoms with van der Waals surface area (Å²) in [5.74, 6) is -3.14. The van der Waals surface area contributed by atoms with Gasteiger partial charge in [0.05, 0.1) is 23.5 Å². The topological polar surface area (TPSA) is 140 Å². The fraction of sp³-hybridized carbons (Fsp3) is 0.385. The third-order valence-electron chi connectivity index (χ3n) is 6.12. The van der Waals surface area contributed by atoms with Crippen molar-refractivity contribution in [1.82, 2.24) is 10.4 Å². The van der Waals surface area contributed by atoms with Crippen LogP contribution in [0.2, 0.25) is 0 Å². The molecule has 1 saturated heterocycles. The van der Waals surface area contributed by atoms with Crippen LogP contribution in [0.25, 0.3) is 11.1 Å². The van der Waals surface area contributed by atoms with Crippen molar-refractivity contribution in [3.8, 4) is 23.3 Å². The Morgan fingerprint density at radius 3 is 2.38 bits per heavy atom. The number of alkyl halides is 3. The van der Waals surface area contributed by atoms with E-state index >= 15 is 0 Å². The highest BCUT2D eigenvalue weighted by Crippen LogP contribution is 2.27. The van der Waals surface area contributed by atoms with Crippen LogP contribution in [0.1, 0.15) is 30.4 Å². The number of amides is 1. The summed E-state index contributed by atoms with van der Waals surface area (Å²) in [6.07, 6.45) is -2.96. The first-order chi connectivity index (χ1) is 18.3. The molecule has 1 heterocycles. The molecule has 9 nitrogen and oxygen atoms in total. The molecule has 1 amide bonds. The molecular weight excluding hydrogens is 537 g/mol. The minimum Gasteiger partial charge on any atom is -0.360 e. The van der Waals surface area contributed by atoms with Crippen molar-refractivity contribution < 1.29 is 36.0 Å². The number of rotatable bonds is 8. The van der Waals surface area contributed by atoms with Crippen molar-refractivity contribution in [2.24, 2.45) is 0 Å². The number of nitrogens with one attached hydrogen (secondary N) is 1. The molecule has 0 saturated carbocycles. The molecule has 0 unspecified atom stereocenters. The highest BCUT2D eigenvalue weighted by molar-refractivity contribution is 7.90. The molecule has 1 aliphatic rings. The maximum Gasteiger partial charge on any atom is 0.492 e. The van der Waals surface area contributed by atoms with Crippen LogP contribution in [-0.2, 0) is 37.1 Å². The van der Waals surface area contributed by atoms with Crippen LogP contribution in [0.15, 0.2) is 47.4 Å². The highest BCUT2D eigenvalue weighted by atomic mass is 32.2. The highest BCUT2D eigenvalue weighted by Gasteiger charge is 2.44. The number of piperidine rings is 1. The number of hydrogen-bond acceptors (Lipinski definition) is 8. The lowest BCUT2D eigenvalue weighted by atomic mass is 9.99. The summed E-state index contributed by atoms with van der Waals surface area (Å²) in [7, 11) is -3.57. The normalized spacial score (nSPS) is 16.9. The van der Waals surface area contributed by atoms with Crippen LogP contribution in [0, 0.1) is 22.7 Å². The molecule has 13 heteroatoms. The standard InChI is InChI=1S/C26H25F3N4O5S/c1-39(36,37)23-15-20(10-9-19(23)11-12-30)18-7-5-17(6-8-18)14-21(16-31)32-24(34)22-4-2-3-13-33(22)38-25(35)26(27,28)29/h5-10,15,21-22H,2-4,11,13-14H2,1H3,(H,32,34)/t21-,22-/m0/s1. The molecule has 0 aromatic heterocycles. The van der Waals surface area contributed by atoms with Crippen LogP contribution < -0.4 is 5.32 Å². The van der Waals surface area contributed by atoms with E-state index in [1.54, 1.807) is 36.4 Å². The number of nitrogens with zero attached hydrogens (tertiary/aromatic N) is 3. The number of sulfone groups is 1. The van der Waals surface area contributed by atoms with Gasteiger partial charge in [-0.3, -0.25) is 4.79 Å². The fourth-order valence-electron chi connectivity index (χ4n) is 4.21. The number of hydroxylamine groups is 2. The van der Waals surface area contributed by atoms with E-state index in [1.165, 1.54) is 6.07 Å². The van der Waals surface area contributed by atoms with Gasteiger partial charge in [-0.2, -0.15) is 23.7 Å².